The van der Waals surface area contributed by atoms with Crippen molar-refractivity contribution in [3.63, 3.8) is 0 Å². The zero-order chi connectivity index (χ0) is 19.6. The van der Waals surface area contributed by atoms with Gasteiger partial charge in [-0.2, -0.15) is 0 Å². The van der Waals surface area contributed by atoms with Gasteiger partial charge in [0.05, 0.1) is 5.69 Å². The first kappa shape index (κ1) is 18.7. The average molecular weight is 385 g/mol. The summed E-state index contributed by atoms with van der Waals surface area (Å²) in [7, 11) is 0. The lowest BCUT2D eigenvalue weighted by molar-refractivity contribution is -0.229. The standard InChI is InChI=1S/C18H21F2NO6/c1-17(2)24-11-12(25-17)14-16(27-18(3,4)26-14)23-13(11)15(22)21-10-6-5-8(19)7-9(10)20/h5-7,11-14,16H,1-4H3,(H,21,22)/t11-,12+,13+,14+,16-/m0/s1. The highest BCUT2D eigenvalue weighted by Crippen LogP contribution is 2.44. The van der Waals surface area contributed by atoms with Crippen LogP contribution in [0.1, 0.15) is 27.7 Å². The molecular weight excluding hydrogens is 364 g/mol. The van der Waals surface area contributed by atoms with E-state index in [1.807, 2.05) is 0 Å². The molecule has 3 saturated heterocycles. The van der Waals surface area contributed by atoms with Crippen molar-refractivity contribution < 1.29 is 37.3 Å². The quantitative estimate of drug-likeness (QED) is 0.842. The van der Waals surface area contributed by atoms with Crippen molar-refractivity contribution >= 4 is 11.6 Å². The Balaban J connectivity index is 1.59. The van der Waals surface area contributed by atoms with Gasteiger partial charge in [-0.05, 0) is 39.8 Å². The highest BCUT2D eigenvalue weighted by atomic mass is 19.1. The van der Waals surface area contributed by atoms with E-state index < -0.39 is 59.8 Å². The van der Waals surface area contributed by atoms with Gasteiger partial charge in [0.2, 0.25) is 0 Å². The maximum Gasteiger partial charge on any atom is 0.256 e. The van der Waals surface area contributed by atoms with Crippen molar-refractivity contribution in [1.29, 1.82) is 0 Å². The van der Waals surface area contributed by atoms with Crippen LogP contribution >= 0.6 is 0 Å². The molecule has 7 nitrogen and oxygen atoms in total. The van der Waals surface area contributed by atoms with Crippen LogP contribution in [0.25, 0.3) is 0 Å². The van der Waals surface area contributed by atoms with E-state index in [0.29, 0.717) is 6.07 Å². The van der Waals surface area contributed by atoms with Gasteiger partial charge in [-0.1, -0.05) is 0 Å². The number of fused-ring (bicyclic) bond motifs is 3. The Morgan fingerprint density at radius 2 is 1.59 bits per heavy atom. The third kappa shape index (κ3) is 3.45. The number of carbonyl (C=O) groups excluding carboxylic acids is 1. The molecule has 5 atom stereocenters. The van der Waals surface area contributed by atoms with Crippen molar-refractivity contribution in [1.82, 2.24) is 0 Å². The van der Waals surface area contributed by atoms with Crippen LogP contribution in [0.3, 0.4) is 0 Å². The van der Waals surface area contributed by atoms with Crippen LogP contribution in [0.5, 0.6) is 0 Å². The van der Waals surface area contributed by atoms with Crippen molar-refractivity contribution in [2.75, 3.05) is 5.32 Å². The van der Waals surface area contributed by atoms with Crippen LogP contribution in [-0.4, -0.2) is 48.2 Å². The topological polar surface area (TPSA) is 75.3 Å². The van der Waals surface area contributed by atoms with E-state index in [9.17, 15) is 13.6 Å². The smallest absolute Gasteiger partial charge is 0.256 e. The molecule has 148 valence electrons. The van der Waals surface area contributed by atoms with E-state index in [4.69, 9.17) is 23.7 Å². The maximum absolute atomic E-state index is 13.9. The molecule has 3 heterocycles. The Morgan fingerprint density at radius 3 is 2.30 bits per heavy atom. The summed E-state index contributed by atoms with van der Waals surface area (Å²) in [6.45, 7) is 6.90. The van der Waals surface area contributed by atoms with Gasteiger partial charge in [-0.15, -0.1) is 0 Å². The van der Waals surface area contributed by atoms with Crippen molar-refractivity contribution in [2.24, 2.45) is 0 Å². The fourth-order valence-corrected chi connectivity index (χ4v) is 3.62. The molecule has 0 unspecified atom stereocenters. The van der Waals surface area contributed by atoms with Crippen LogP contribution < -0.4 is 5.32 Å². The Bertz CT molecular complexity index is 770. The second-order valence-electron chi connectivity index (χ2n) is 7.70. The fourth-order valence-electron chi connectivity index (χ4n) is 3.62. The summed E-state index contributed by atoms with van der Waals surface area (Å²) in [6.07, 6.45) is -3.91. The number of ether oxygens (including phenoxy) is 5. The molecule has 1 aromatic carbocycles. The fraction of sp³-hybridized carbons (Fsp3) is 0.611. The molecule has 9 heteroatoms. The molecular formula is C18H21F2NO6. The van der Waals surface area contributed by atoms with Crippen molar-refractivity contribution in [3.8, 4) is 0 Å². The molecule has 0 radical (unpaired) electrons. The normalized spacial score (nSPS) is 36.1. The molecule has 1 N–H and O–H groups in total. The summed E-state index contributed by atoms with van der Waals surface area (Å²) in [6, 6.07) is 2.87. The average Bonchev–Trinajstić information content (AvgIpc) is 3.03. The first-order valence-corrected chi connectivity index (χ1v) is 8.67. The van der Waals surface area contributed by atoms with E-state index in [0.717, 1.165) is 12.1 Å². The van der Waals surface area contributed by atoms with E-state index in [2.05, 4.69) is 5.32 Å². The molecule has 1 amide bonds. The van der Waals surface area contributed by atoms with Crippen LogP contribution in [0.2, 0.25) is 0 Å². The Morgan fingerprint density at radius 1 is 0.963 bits per heavy atom. The van der Waals surface area contributed by atoms with Gasteiger partial charge in [-0.3, -0.25) is 4.79 Å². The molecule has 0 aromatic heterocycles. The highest BCUT2D eigenvalue weighted by molar-refractivity contribution is 5.95. The second kappa shape index (κ2) is 6.18. The van der Waals surface area contributed by atoms with Crippen LogP contribution in [0, 0.1) is 11.6 Å². The van der Waals surface area contributed by atoms with E-state index in [1.165, 1.54) is 0 Å². The van der Waals surface area contributed by atoms with Gasteiger partial charge in [0.25, 0.3) is 5.91 Å². The molecule has 3 aliphatic heterocycles. The second-order valence-corrected chi connectivity index (χ2v) is 7.70. The number of hydrogen-bond donors (Lipinski definition) is 1. The predicted molar refractivity (Wildman–Crippen MR) is 87.5 cm³/mol. The van der Waals surface area contributed by atoms with Crippen LogP contribution in [0.4, 0.5) is 14.5 Å². The Labute approximate surface area is 154 Å². The van der Waals surface area contributed by atoms with Gasteiger partial charge in [0, 0.05) is 6.07 Å². The monoisotopic (exact) mass is 385 g/mol. The molecule has 0 saturated carbocycles. The Kier molecular flexibility index (Phi) is 4.28. The third-order valence-corrected chi connectivity index (χ3v) is 4.60. The molecule has 3 fully saturated rings. The lowest BCUT2D eigenvalue weighted by Crippen LogP contribution is -2.58. The number of carbonyl (C=O) groups is 1. The molecule has 3 aliphatic rings. The zero-order valence-corrected chi connectivity index (χ0v) is 15.3. The van der Waals surface area contributed by atoms with E-state index >= 15 is 0 Å². The number of halogens is 2. The summed E-state index contributed by atoms with van der Waals surface area (Å²) >= 11 is 0. The number of hydrogen-bond acceptors (Lipinski definition) is 6. The van der Waals surface area contributed by atoms with Gasteiger partial charge < -0.3 is 29.0 Å². The SMILES string of the molecule is CC1(C)O[C@@H]2O[C@@H](C(=O)Nc3ccc(F)cc3F)[C@H]3OC(C)(C)O[C@H]3[C@H]2O1. The van der Waals surface area contributed by atoms with Gasteiger partial charge in [0.1, 0.15) is 29.9 Å². The summed E-state index contributed by atoms with van der Waals surface area (Å²) in [5.74, 6) is -4.15. The first-order chi connectivity index (χ1) is 12.5. The molecule has 4 rings (SSSR count). The van der Waals surface area contributed by atoms with Gasteiger partial charge >= 0.3 is 0 Å². The lowest BCUT2D eigenvalue weighted by Gasteiger charge is -2.36. The molecule has 27 heavy (non-hydrogen) atoms. The summed E-state index contributed by atoms with van der Waals surface area (Å²) < 4.78 is 56.1. The predicted octanol–water partition coefficient (Wildman–Crippen LogP) is 2.30. The minimum atomic E-state index is -1.13. The highest BCUT2D eigenvalue weighted by Gasteiger charge is 2.62. The number of rotatable bonds is 2. The number of amides is 1. The van der Waals surface area contributed by atoms with Crippen molar-refractivity contribution in [2.45, 2.75) is 70.0 Å². The summed E-state index contributed by atoms with van der Waals surface area (Å²) in [5, 5.41) is 2.41. The maximum atomic E-state index is 13.9. The van der Waals surface area contributed by atoms with Crippen LogP contribution in [0.15, 0.2) is 18.2 Å². The van der Waals surface area contributed by atoms with E-state index in [1.54, 1.807) is 27.7 Å². The van der Waals surface area contributed by atoms with E-state index in [-0.39, 0.29) is 5.69 Å². The summed E-state index contributed by atoms with van der Waals surface area (Å²) in [4.78, 5) is 12.8. The van der Waals surface area contributed by atoms with Crippen LogP contribution in [-0.2, 0) is 28.5 Å². The number of anilines is 1. The molecule has 0 spiro atoms. The van der Waals surface area contributed by atoms with Crippen molar-refractivity contribution in [3.05, 3.63) is 29.8 Å². The van der Waals surface area contributed by atoms with Gasteiger partial charge in [-0.25, -0.2) is 8.78 Å². The number of benzene rings is 1. The number of nitrogens with one attached hydrogen (secondary N) is 1. The zero-order valence-electron chi connectivity index (χ0n) is 15.3. The minimum absolute atomic E-state index is 0.161. The molecule has 0 bridgehead atoms. The molecule has 0 aliphatic carbocycles. The minimum Gasteiger partial charge on any atom is -0.342 e. The molecule has 1 aromatic rings. The first-order valence-electron chi connectivity index (χ1n) is 8.67. The summed E-state index contributed by atoms with van der Waals surface area (Å²) in [5.41, 5.74) is -0.161. The van der Waals surface area contributed by atoms with Gasteiger partial charge in [0.15, 0.2) is 24.0 Å². The Hall–Kier alpha value is -1.65. The lowest BCUT2D eigenvalue weighted by atomic mass is 9.98. The third-order valence-electron chi connectivity index (χ3n) is 4.60. The largest absolute Gasteiger partial charge is 0.342 e.